The number of aromatic nitrogens is 2. The van der Waals surface area contributed by atoms with E-state index in [-0.39, 0.29) is 6.10 Å². The van der Waals surface area contributed by atoms with Gasteiger partial charge in [-0.15, -0.1) is 0 Å². The Bertz CT molecular complexity index is 402. The molecule has 0 aromatic carbocycles. The minimum atomic E-state index is -0.149. The third-order valence-electron chi connectivity index (χ3n) is 3.06. The standard InChI is InChI=1S/C12H20N4O/c1-4-13-11-7(2)12(15-8(3)14-11)16-9-5-10(17)6-9/h9-10,17H,4-6H2,1-3H3,(H2,13,14,15,16). The van der Waals surface area contributed by atoms with E-state index in [0.29, 0.717) is 6.04 Å². The van der Waals surface area contributed by atoms with Crippen molar-refractivity contribution in [3.63, 3.8) is 0 Å². The van der Waals surface area contributed by atoms with Crippen LogP contribution in [0.5, 0.6) is 0 Å². The fourth-order valence-corrected chi connectivity index (χ4v) is 2.01. The molecular formula is C12H20N4O. The van der Waals surface area contributed by atoms with Crippen molar-refractivity contribution in [2.75, 3.05) is 17.2 Å². The molecule has 2 rings (SSSR count). The summed E-state index contributed by atoms with van der Waals surface area (Å²) < 4.78 is 0. The predicted octanol–water partition coefficient (Wildman–Crippen LogP) is 1.46. The zero-order chi connectivity index (χ0) is 12.4. The Morgan fingerprint density at radius 3 is 2.47 bits per heavy atom. The zero-order valence-electron chi connectivity index (χ0n) is 10.6. The van der Waals surface area contributed by atoms with Crippen LogP contribution >= 0.6 is 0 Å². The largest absolute Gasteiger partial charge is 0.393 e. The van der Waals surface area contributed by atoms with Crippen LogP contribution in [0.25, 0.3) is 0 Å². The highest BCUT2D eigenvalue weighted by Gasteiger charge is 2.27. The van der Waals surface area contributed by atoms with Gasteiger partial charge in [0.05, 0.1) is 6.10 Å². The number of aryl methyl sites for hydroxylation is 1. The van der Waals surface area contributed by atoms with E-state index >= 15 is 0 Å². The van der Waals surface area contributed by atoms with Gasteiger partial charge in [-0.05, 0) is 33.6 Å². The maximum Gasteiger partial charge on any atom is 0.134 e. The summed E-state index contributed by atoms with van der Waals surface area (Å²) >= 11 is 0. The van der Waals surface area contributed by atoms with Gasteiger partial charge in [-0.1, -0.05) is 0 Å². The van der Waals surface area contributed by atoms with E-state index in [1.54, 1.807) is 0 Å². The molecule has 1 aliphatic rings. The lowest BCUT2D eigenvalue weighted by Gasteiger charge is -2.33. The zero-order valence-corrected chi connectivity index (χ0v) is 10.6. The minimum absolute atomic E-state index is 0.149. The highest BCUT2D eigenvalue weighted by molar-refractivity contribution is 5.57. The Balaban J connectivity index is 2.15. The monoisotopic (exact) mass is 236 g/mol. The maximum absolute atomic E-state index is 9.27. The van der Waals surface area contributed by atoms with Crippen molar-refractivity contribution in [2.45, 2.75) is 45.8 Å². The second-order valence-electron chi connectivity index (χ2n) is 4.59. The van der Waals surface area contributed by atoms with Crippen LogP contribution in [0.1, 0.15) is 31.2 Å². The second kappa shape index (κ2) is 4.87. The molecule has 1 saturated carbocycles. The highest BCUT2D eigenvalue weighted by Crippen LogP contribution is 2.26. The van der Waals surface area contributed by atoms with Crippen molar-refractivity contribution in [3.05, 3.63) is 11.4 Å². The van der Waals surface area contributed by atoms with E-state index < -0.39 is 0 Å². The minimum Gasteiger partial charge on any atom is -0.393 e. The van der Waals surface area contributed by atoms with Gasteiger partial charge < -0.3 is 15.7 Å². The Morgan fingerprint density at radius 2 is 1.88 bits per heavy atom. The molecule has 94 valence electrons. The molecule has 0 aliphatic heterocycles. The molecule has 3 N–H and O–H groups in total. The lowest BCUT2D eigenvalue weighted by molar-refractivity contribution is 0.0835. The van der Waals surface area contributed by atoms with Crippen LogP contribution in [-0.2, 0) is 0 Å². The van der Waals surface area contributed by atoms with Gasteiger partial charge in [0.2, 0.25) is 0 Å². The molecule has 0 bridgehead atoms. The summed E-state index contributed by atoms with van der Waals surface area (Å²) in [5, 5.41) is 15.9. The summed E-state index contributed by atoms with van der Waals surface area (Å²) in [5.41, 5.74) is 1.04. The molecular weight excluding hydrogens is 216 g/mol. The highest BCUT2D eigenvalue weighted by atomic mass is 16.3. The van der Waals surface area contributed by atoms with Crippen LogP contribution in [-0.4, -0.2) is 33.8 Å². The lowest BCUT2D eigenvalue weighted by Crippen LogP contribution is -2.39. The summed E-state index contributed by atoms with van der Waals surface area (Å²) in [5.74, 6) is 2.53. The van der Waals surface area contributed by atoms with Gasteiger partial charge >= 0.3 is 0 Å². The number of nitrogens with zero attached hydrogens (tertiary/aromatic N) is 2. The molecule has 5 heteroatoms. The Kier molecular flexibility index (Phi) is 3.47. The fourth-order valence-electron chi connectivity index (χ4n) is 2.01. The van der Waals surface area contributed by atoms with Crippen LogP contribution in [0.2, 0.25) is 0 Å². The van der Waals surface area contributed by atoms with Gasteiger partial charge in [-0.3, -0.25) is 0 Å². The van der Waals surface area contributed by atoms with E-state index in [1.807, 2.05) is 20.8 Å². The Morgan fingerprint density at radius 1 is 1.24 bits per heavy atom. The third-order valence-corrected chi connectivity index (χ3v) is 3.06. The molecule has 1 aliphatic carbocycles. The van der Waals surface area contributed by atoms with E-state index in [2.05, 4.69) is 20.6 Å². The van der Waals surface area contributed by atoms with E-state index in [4.69, 9.17) is 0 Å². The molecule has 5 nitrogen and oxygen atoms in total. The Hall–Kier alpha value is -1.36. The molecule has 0 amide bonds. The van der Waals surface area contributed by atoms with E-state index in [1.165, 1.54) is 0 Å². The number of nitrogens with one attached hydrogen (secondary N) is 2. The van der Waals surface area contributed by atoms with Gasteiger partial charge in [-0.2, -0.15) is 0 Å². The molecule has 1 heterocycles. The van der Waals surface area contributed by atoms with Gasteiger partial charge in [0, 0.05) is 18.2 Å². The number of rotatable bonds is 4. The number of hydrogen-bond acceptors (Lipinski definition) is 5. The number of hydrogen-bond donors (Lipinski definition) is 3. The van der Waals surface area contributed by atoms with Gasteiger partial charge in [0.15, 0.2) is 0 Å². The average molecular weight is 236 g/mol. The molecule has 0 radical (unpaired) electrons. The number of anilines is 2. The fraction of sp³-hybridized carbons (Fsp3) is 0.667. The van der Waals surface area contributed by atoms with Crippen LogP contribution in [0.4, 0.5) is 11.6 Å². The topological polar surface area (TPSA) is 70.1 Å². The van der Waals surface area contributed by atoms with Crippen LogP contribution < -0.4 is 10.6 Å². The first kappa shape index (κ1) is 12.1. The Labute approximate surface area is 102 Å². The number of aliphatic hydroxyl groups is 1. The van der Waals surface area contributed by atoms with Crippen molar-refractivity contribution in [1.82, 2.24) is 9.97 Å². The van der Waals surface area contributed by atoms with Crippen LogP contribution in [0.3, 0.4) is 0 Å². The normalized spacial score (nSPS) is 23.1. The van der Waals surface area contributed by atoms with E-state index in [9.17, 15) is 5.11 Å². The summed E-state index contributed by atoms with van der Waals surface area (Å²) in [6, 6.07) is 0.340. The molecule has 0 unspecified atom stereocenters. The van der Waals surface area contributed by atoms with Gasteiger partial charge in [0.25, 0.3) is 0 Å². The second-order valence-corrected chi connectivity index (χ2v) is 4.59. The summed E-state index contributed by atoms with van der Waals surface area (Å²) in [4.78, 5) is 8.80. The van der Waals surface area contributed by atoms with Crippen molar-refractivity contribution in [2.24, 2.45) is 0 Å². The third kappa shape index (κ3) is 2.66. The van der Waals surface area contributed by atoms with Crippen molar-refractivity contribution in [3.8, 4) is 0 Å². The molecule has 1 aromatic rings. The number of aliphatic hydroxyl groups excluding tert-OH is 1. The smallest absolute Gasteiger partial charge is 0.134 e. The summed E-state index contributed by atoms with van der Waals surface area (Å²) in [6.45, 7) is 6.79. The first-order chi connectivity index (χ1) is 8.10. The summed E-state index contributed by atoms with van der Waals surface area (Å²) in [7, 11) is 0. The first-order valence-electron chi connectivity index (χ1n) is 6.13. The molecule has 0 atom stereocenters. The SMILES string of the molecule is CCNc1nc(C)nc(NC2CC(O)C2)c1C. The molecule has 0 saturated heterocycles. The van der Waals surface area contributed by atoms with Crippen molar-refractivity contribution >= 4 is 11.6 Å². The van der Waals surface area contributed by atoms with Crippen molar-refractivity contribution < 1.29 is 5.11 Å². The van der Waals surface area contributed by atoms with Crippen LogP contribution in [0.15, 0.2) is 0 Å². The predicted molar refractivity (Wildman–Crippen MR) is 68.3 cm³/mol. The average Bonchev–Trinajstić information content (AvgIpc) is 2.23. The quantitative estimate of drug-likeness (QED) is 0.738. The maximum atomic E-state index is 9.27. The van der Waals surface area contributed by atoms with E-state index in [0.717, 1.165) is 42.4 Å². The molecule has 1 fully saturated rings. The van der Waals surface area contributed by atoms with Gasteiger partial charge in [0.1, 0.15) is 17.5 Å². The molecule has 17 heavy (non-hydrogen) atoms. The van der Waals surface area contributed by atoms with Crippen LogP contribution in [0, 0.1) is 13.8 Å². The summed E-state index contributed by atoms with van der Waals surface area (Å²) in [6.07, 6.45) is 1.46. The van der Waals surface area contributed by atoms with Crippen molar-refractivity contribution in [1.29, 1.82) is 0 Å². The lowest BCUT2D eigenvalue weighted by atomic mass is 9.89. The van der Waals surface area contributed by atoms with Gasteiger partial charge in [-0.25, -0.2) is 9.97 Å². The molecule has 1 aromatic heterocycles. The molecule has 0 spiro atoms. The first-order valence-corrected chi connectivity index (χ1v) is 6.13.